The van der Waals surface area contributed by atoms with Crippen molar-refractivity contribution in [1.29, 1.82) is 0 Å². The molecule has 8 nitrogen and oxygen atoms in total. The van der Waals surface area contributed by atoms with Crippen LogP contribution in [0.5, 0.6) is 5.75 Å². The van der Waals surface area contributed by atoms with E-state index in [1.54, 1.807) is 42.5 Å². The van der Waals surface area contributed by atoms with Crippen molar-refractivity contribution < 1.29 is 23.9 Å². The van der Waals surface area contributed by atoms with Gasteiger partial charge in [0.25, 0.3) is 0 Å². The van der Waals surface area contributed by atoms with Crippen LogP contribution in [0.3, 0.4) is 0 Å². The summed E-state index contributed by atoms with van der Waals surface area (Å²) in [5.41, 5.74) is 1.73. The molecule has 0 saturated heterocycles. The van der Waals surface area contributed by atoms with Crippen LogP contribution in [-0.2, 0) is 16.1 Å². The molecule has 3 N–H and O–H groups in total. The van der Waals surface area contributed by atoms with Gasteiger partial charge in [-0.3, -0.25) is 15.4 Å². The predicted octanol–water partition coefficient (Wildman–Crippen LogP) is 1.77. The Kier molecular flexibility index (Phi) is 7.53. The van der Waals surface area contributed by atoms with Gasteiger partial charge in [0.15, 0.2) is 0 Å². The number of carbonyl (C=O) groups excluding carboxylic acids is 3. The van der Waals surface area contributed by atoms with E-state index >= 15 is 0 Å². The van der Waals surface area contributed by atoms with Gasteiger partial charge in [0.2, 0.25) is 5.91 Å². The Morgan fingerprint density at radius 3 is 2.36 bits per heavy atom. The molecule has 0 saturated carbocycles. The van der Waals surface area contributed by atoms with Crippen molar-refractivity contribution >= 4 is 17.9 Å². The summed E-state index contributed by atoms with van der Waals surface area (Å²) in [4.78, 5) is 36.0. The summed E-state index contributed by atoms with van der Waals surface area (Å²) in [7, 11) is 4.19. The molecular weight excluding hydrogens is 362 g/mol. The van der Waals surface area contributed by atoms with Gasteiger partial charge in [-0.25, -0.2) is 9.59 Å². The Balaban J connectivity index is 2.22. The maximum Gasteiger partial charge on any atom is 0.341 e. The standard InChI is InChI=1S/C20H23N3O5/c1-21-20(26)23-18(24)17(14-7-5-4-6-8-14)22-12-13-9-10-16(27-2)15(11-13)19(25)28-3/h4-11,17,22H,12H2,1-3H3,(H2,21,23,24,26)/t17-/m1/s1. The molecular formula is C20H23N3O5. The first-order valence-corrected chi connectivity index (χ1v) is 8.56. The van der Waals surface area contributed by atoms with E-state index < -0.39 is 23.9 Å². The van der Waals surface area contributed by atoms with Crippen LogP contribution in [0.2, 0.25) is 0 Å². The molecule has 28 heavy (non-hydrogen) atoms. The number of carbonyl (C=O) groups is 3. The fourth-order valence-corrected chi connectivity index (χ4v) is 2.61. The summed E-state index contributed by atoms with van der Waals surface area (Å²) in [5, 5.41) is 7.75. The Bertz CT molecular complexity index is 839. The minimum Gasteiger partial charge on any atom is -0.496 e. The summed E-state index contributed by atoms with van der Waals surface area (Å²) >= 11 is 0. The van der Waals surface area contributed by atoms with Gasteiger partial charge in [0.1, 0.15) is 17.4 Å². The SMILES string of the molecule is CNC(=O)NC(=O)[C@H](NCc1ccc(OC)c(C(=O)OC)c1)c1ccccc1. The van der Waals surface area contributed by atoms with Gasteiger partial charge in [-0.05, 0) is 23.3 Å². The molecule has 0 aliphatic carbocycles. The highest BCUT2D eigenvalue weighted by molar-refractivity contribution is 5.97. The van der Waals surface area contributed by atoms with Crippen LogP contribution < -0.4 is 20.7 Å². The lowest BCUT2D eigenvalue weighted by Gasteiger charge is -2.19. The van der Waals surface area contributed by atoms with E-state index in [1.807, 2.05) is 6.07 Å². The molecule has 0 bridgehead atoms. The number of rotatable bonds is 7. The molecule has 148 valence electrons. The molecule has 0 aromatic heterocycles. The average Bonchev–Trinajstić information content (AvgIpc) is 2.73. The van der Waals surface area contributed by atoms with Gasteiger partial charge in [-0.2, -0.15) is 0 Å². The zero-order valence-electron chi connectivity index (χ0n) is 15.9. The van der Waals surface area contributed by atoms with Gasteiger partial charge in [0, 0.05) is 13.6 Å². The minimum atomic E-state index is -0.762. The molecule has 0 heterocycles. The van der Waals surface area contributed by atoms with Crippen molar-refractivity contribution in [2.24, 2.45) is 0 Å². The Morgan fingerprint density at radius 1 is 1.04 bits per heavy atom. The van der Waals surface area contributed by atoms with E-state index in [9.17, 15) is 14.4 Å². The average molecular weight is 385 g/mol. The monoisotopic (exact) mass is 385 g/mol. The number of esters is 1. The van der Waals surface area contributed by atoms with Gasteiger partial charge >= 0.3 is 12.0 Å². The molecule has 0 unspecified atom stereocenters. The van der Waals surface area contributed by atoms with Crippen LogP contribution in [0.4, 0.5) is 4.79 Å². The number of nitrogens with one attached hydrogen (secondary N) is 3. The lowest BCUT2D eigenvalue weighted by molar-refractivity contribution is -0.122. The summed E-state index contributed by atoms with van der Waals surface area (Å²) in [6.07, 6.45) is 0. The highest BCUT2D eigenvalue weighted by atomic mass is 16.5. The van der Waals surface area contributed by atoms with E-state index in [4.69, 9.17) is 9.47 Å². The minimum absolute atomic E-state index is 0.273. The lowest BCUT2D eigenvalue weighted by atomic mass is 10.0. The second kappa shape index (κ2) is 10.1. The Morgan fingerprint density at radius 2 is 1.75 bits per heavy atom. The zero-order valence-corrected chi connectivity index (χ0v) is 15.9. The van der Waals surface area contributed by atoms with Crippen LogP contribution in [0.15, 0.2) is 48.5 Å². The van der Waals surface area contributed by atoms with E-state index in [1.165, 1.54) is 21.3 Å². The maximum absolute atomic E-state index is 12.5. The van der Waals surface area contributed by atoms with E-state index in [-0.39, 0.29) is 12.1 Å². The normalized spacial score (nSPS) is 11.2. The van der Waals surface area contributed by atoms with Crippen LogP contribution in [0.1, 0.15) is 27.5 Å². The lowest BCUT2D eigenvalue weighted by Crippen LogP contribution is -2.44. The van der Waals surface area contributed by atoms with Crippen molar-refractivity contribution in [2.75, 3.05) is 21.3 Å². The van der Waals surface area contributed by atoms with Crippen molar-refractivity contribution in [1.82, 2.24) is 16.0 Å². The molecule has 0 fully saturated rings. The maximum atomic E-state index is 12.5. The third kappa shape index (κ3) is 5.31. The van der Waals surface area contributed by atoms with Crippen LogP contribution in [-0.4, -0.2) is 39.2 Å². The number of hydrogen-bond donors (Lipinski definition) is 3. The first-order chi connectivity index (χ1) is 13.5. The van der Waals surface area contributed by atoms with Crippen molar-refractivity contribution in [2.45, 2.75) is 12.6 Å². The van der Waals surface area contributed by atoms with Gasteiger partial charge < -0.3 is 14.8 Å². The zero-order chi connectivity index (χ0) is 20.5. The van der Waals surface area contributed by atoms with Crippen molar-refractivity contribution in [3.63, 3.8) is 0 Å². The smallest absolute Gasteiger partial charge is 0.341 e. The molecule has 2 aromatic carbocycles. The van der Waals surface area contributed by atoms with Gasteiger partial charge in [-0.15, -0.1) is 0 Å². The Labute approximate surface area is 163 Å². The number of imide groups is 1. The number of amides is 3. The quantitative estimate of drug-likeness (QED) is 0.628. The fraction of sp³-hybridized carbons (Fsp3) is 0.250. The summed E-state index contributed by atoms with van der Waals surface area (Å²) in [6, 6.07) is 12.7. The molecule has 2 aromatic rings. The molecule has 1 atom stereocenters. The van der Waals surface area contributed by atoms with Crippen LogP contribution in [0, 0.1) is 0 Å². The molecule has 3 amide bonds. The largest absolute Gasteiger partial charge is 0.496 e. The van der Waals surface area contributed by atoms with Gasteiger partial charge in [0.05, 0.1) is 14.2 Å². The highest BCUT2D eigenvalue weighted by Gasteiger charge is 2.22. The number of benzene rings is 2. The molecule has 0 radical (unpaired) electrons. The third-order valence-electron chi connectivity index (χ3n) is 4.04. The summed E-state index contributed by atoms with van der Waals surface area (Å²) < 4.78 is 9.96. The number of methoxy groups -OCH3 is 2. The second-order valence-corrected chi connectivity index (χ2v) is 5.82. The number of urea groups is 1. The fourth-order valence-electron chi connectivity index (χ4n) is 2.61. The number of ether oxygens (including phenoxy) is 2. The van der Waals surface area contributed by atoms with Crippen molar-refractivity contribution in [3.8, 4) is 5.75 Å². The first kappa shape index (κ1) is 20.9. The van der Waals surface area contributed by atoms with E-state index in [0.29, 0.717) is 11.3 Å². The molecule has 8 heteroatoms. The first-order valence-electron chi connectivity index (χ1n) is 8.56. The van der Waals surface area contributed by atoms with E-state index in [2.05, 4.69) is 16.0 Å². The topological polar surface area (TPSA) is 106 Å². The molecule has 2 rings (SSSR count). The summed E-state index contributed by atoms with van der Waals surface area (Å²) in [6.45, 7) is 0.273. The molecule has 0 aliphatic heterocycles. The van der Waals surface area contributed by atoms with Crippen LogP contribution >= 0.6 is 0 Å². The van der Waals surface area contributed by atoms with Crippen molar-refractivity contribution in [3.05, 3.63) is 65.2 Å². The molecule has 0 spiro atoms. The van der Waals surface area contributed by atoms with Crippen LogP contribution in [0.25, 0.3) is 0 Å². The highest BCUT2D eigenvalue weighted by Crippen LogP contribution is 2.21. The Hall–Kier alpha value is -3.39. The predicted molar refractivity (Wildman–Crippen MR) is 103 cm³/mol. The van der Waals surface area contributed by atoms with Gasteiger partial charge in [-0.1, -0.05) is 36.4 Å². The molecule has 0 aliphatic rings. The second-order valence-electron chi connectivity index (χ2n) is 5.82. The third-order valence-corrected chi connectivity index (χ3v) is 4.04. The van der Waals surface area contributed by atoms with E-state index in [0.717, 1.165) is 5.56 Å². The summed E-state index contributed by atoms with van der Waals surface area (Å²) in [5.74, 6) is -0.615. The number of hydrogen-bond acceptors (Lipinski definition) is 6.